The second kappa shape index (κ2) is 12.8. The zero-order valence-electron chi connectivity index (χ0n) is 25.4. The summed E-state index contributed by atoms with van der Waals surface area (Å²) >= 11 is 0. The number of pyridine rings is 2. The zero-order chi connectivity index (χ0) is 29.9. The van der Waals surface area contributed by atoms with Gasteiger partial charge in [-0.2, -0.15) is 0 Å². The summed E-state index contributed by atoms with van der Waals surface area (Å²) in [4.78, 5) is 44.8. The number of amides is 2. The molecule has 2 aromatic heterocycles. The van der Waals surface area contributed by atoms with Gasteiger partial charge in [0.25, 0.3) is 23.5 Å². The number of para-hydroxylation sites is 2. The summed E-state index contributed by atoms with van der Waals surface area (Å²) in [6, 6.07) is 25.2. The first-order valence-electron chi connectivity index (χ1n) is 16.1. The Labute approximate surface area is 258 Å². The number of aromatic nitrogens is 2. The van der Waals surface area contributed by atoms with Gasteiger partial charge < -0.3 is 19.6 Å². The molecule has 3 fully saturated rings. The summed E-state index contributed by atoms with van der Waals surface area (Å²) in [5, 5.41) is 2.41. The number of fused-ring (bicyclic) bond motifs is 2. The van der Waals surface area contributed by atoms with Crippen molar-refractivity contribution in [1.82, 2.24) is 9.80 Å². The van der Waals surface area contributed by atoms with Crippen LogP contribution in [0.5, 0.6) is 0 Å². The van der Waals surface area contributed by atoms with Crippen LogP contribution >= 0.6 is 0 Å². The van der Waals surface area contributed by atoms with Crippen molar-refractivity contribution in [3.8, 4) is 0 Å². The SMILES string of the molecule is O=C(C[NH+]1CC[NH+](CC(=O)N2CCN(c3ccc4ccccc4[nH+]3)CC2)CC1)N1CCN(c2ccc3ccccc3[nH+]2)CC1. The van der Waals surface area contributed by atoms with E-state index in [0.29, 0.717) is 13.1 Å². The molecule has 3 saturated heterocycles. The molecule has 3 aliphatic rings. The Morgan fingerprint density at radius 1 is 0.523 bits per heavy atom. The van der Waals surface area contributed by atoms with Gasteiger partial charge in [-0.25, -0.2) is 9.97 Å². The first-order chi connectivity index (χ1) is 21.6. The van der Waals surface area contributed by atoms with Crippen LogP contribution in [0.2, 0.25) is 0 Å². The molecule has 4 N–H and O–H groups in total. The van der Waals surface area contributed by atoms with Crippen LogP contribution in [0, 0.1) is 0 Å². The molecular formula is C34H44N8O2+4. The molecule has 7 rings (SSSR count). The number of hydrogen-bond donors (Lipinski definition) is 2. The predicted octanol–water partition coefficient (Wildman–Crippen LogP) is -1.60. The fourth-order valence-corrected chi connectivity index (χ4v) is 6.93. The van der Waals surface area contributed by atoms with Crippen LogP contribution in [-0.4, -0.2) is 113 Å². The molecular weight excluding hydrogens is 552 g/mol. The van der Waals surface area contributed by atoms with Crippen molar-refractivity contribution in [2.24, 2.45) is 0 Å². The Bertz CT molecular complexity index is 1500. The summed E-state index contributed by atoms with van der Waals surface area (Å²) in [5.41, 5.74) is 2.27. The quantitative estimate of drug-likeness (QED) is 0.281. The second-order valence-electron chi connectivity index (χ2n) is 12.5. The molecule has 0 atom stereocenters. The van der Waals surface area contributed by atoms with Crippen LogP contribution in [-0.2, 0) is 9.59 Å². The molecule has 0 saturated carbocycles. The van der Waals surface area contributed by atoms with Crippen LogP contribution < -0.4 is 29.6 Å². The fourth-order valence-electron chi connectivity index (χ4n) is 6.93. The molecule has 0 radical (unpaired) electrons. The van der Waals surface area contributed by atoms with Gasteiger partial charge in [-0.15, -0.1) is 0 Å². The number of piperazine rings is 3. The molecule has 0 aliphatic carbocycles. The Kier molecular flexibility index (Phi) is 8.26. The highest BCUT2D eigenvalue weighted by Crippen LogP contribution is 2.17. The van der Waals surface area contributed by atoms with E-state index in [-0.39, 0.29) is 11.8 Å². The van der Waals surface area contributed by atoms with Gasteiger partial charge >= 0.3 is 0 Å². The molecule has 5 heterocycles. The van der Waals surface area contributed by atoms with Gasteiger partial charge in [0.15, 0.2) is 13.1 Å². The van der Waals surface area contributed by atoms with Crippen molar-refractivity contribution in [3.05, 3.63) is 72.8 Å². The Hall–Kier alpha value is -4.28. The number of quaternary nitrogens is 2. The molecule has 4 aromatic rings. The molecule has 44 heavy (non-hydrogen) atoms. The normalized spacial score (nSPS) is 21.2. The predicted molar refractivity (Wildman–Crippen MR) is 170 cm³/mol. The number of nitrogens with one attached hydrogen (secondary N) is 4. The van der Waals surface area contributed by atoms with Gasteiger partial charge in [0.2, 0.25) is 0 Å². The van der Waals surface area contributed by atoms with Crippen molar-refractivity contribution in [1.29, 1.82) is 0 Å². The molecule has 0 unspecified atom stereocenters. The van der Waals surface area contributed by atoms with E-state index in [1.165, 1.54) is 20.6 Å². The van der Waals surface area contributed by atoms with Crippen LogP contribution in [0.4, 0.5) is 11.6 Å². The third-order valence-corrected chi connectivity index (χ3v) is 9.70. The highest BCUT2D eigenvalue weighted by Gasteiger charge is 2.33. The summed E-state index contributed by atoms with van der Waals surface area (Å²) < 4.78 is 0. The molecule has 2 aromatic carbocycles. The first-order valence-corrected chi connectivity index (χ1v) is 16.1. The van der Waals surface area contributed by atoms with E-state index >= 15 is 0 Å². The Morgan fingerprint density at radius 3 is 1.32 bits per heavy atom. The van der Waals surface area contributed by atoms with Gasteiger partial charge in [-0.05, 0) is 24.3 Å². The number of aromatic amines is 2. The van der Waals surface area contributed by atoms with E-state index in [1.54, 1.807) is 0 Å². The summed E-state index contributed by atoms with van der Waals surface area (Å²) in [6.45, 7) is 11.2. The maximum Gasteiger partial charge on any atom is 0.278 e. The molecule has 228 valence electrons. The van der Waals surface area contributed by atoms with Gasteiger partial charge in [0.1, 0.15) is 63.4 Å². The minimum Gasteiger partial charge on any atom is -0.330 e. The van der Waals surface area contributed by atoms with E-state index < -0.39 is 0 Å². The van der Waals surface area contributed by atoms with E-state index in [2.05, 4.69) is 92.6 Å². The van der Waals surface area contributed by atoms with Crippen molar-refractivity contribution in [2.45, 2.75) is 0 Å². The van der Waals surface area contributed by atoms with Gasteiger partial charge in [0.05, 0.1) is 26.2 Å². The highest BCUT2D eigenvalue weighted by atomic mass is 16.2. The minimum absolute atomic E-state index is 0.253. The lowest BCUT2D eigenvalue weighted by Gasteiger charge is -2.34. The molecule has 10 nitrogen and oxygen atoms in total. The molecule has 10 heteroatoms. The maximum absolute atomic E-state index is 13.1. The van der Waals surface area contributed by atoms with Crippen LogP contribution in [0.1, 0.15) is 0 Å². The van der Waals surface area contributed by atoms with Crippen LogP contribution in [0.15, 0.2) is 72.8 Å². The number of nitrogens with zero attached hydrogens (tertiary/aromatic N) is 4. The molecule has 2 amide bonds. The van der Waals surface area contributed by atoms with Gasteiger partial charge in [0, 0.05) is 22.9 Å². The number of rotatable bonds is 6. The third kappa shape index (κ3) is 6.32. The lowest BCUT2D eigenvalue weighted by molar-refractivity contribution is -1.01. The van der Waals surface area contributed by atoms with E-state index in [1.807, 2.05) is 9.80 Å². The van der Waals surface area contributed by atoms with E-state index in [9.17, 15) is 9.59 Å². The fraction of sp³-hybridized carbons (Fsp3) is 0.412. The van der Waals surface area contributed by atoms with Crippen molar-refractivity contribution in [3.63, 3.8) is 0 Å². The summed E-state index contributed by atoms with van der Waals surface area (Å²) in [6.07, 6.45) is 0. The average molecular weight is 597 g/mol. The number of hydrogen-bond acceptors (Lipinski definition) is 4. The lowest BCUT2D eigenvalue weighted by Crippen LogP contribution is -3.28. The molecule has 0 bridgehead atoms. The number of benzene rings is 2. The average Bonchev–Trinajstić information content (AvgIpc) is 3.09. The third-order valence-electron chi connectivity index (χ3n) is 9.70. The maximum atomic E-state index is 13.1. The molecule has 0 spiro atoms. The number of anilines is 2. The Balaban J connectivity index is 0.821. The first kappa shape index (κ1) is 28.5. The summed E-state index contributed by atoms with van der Waals surface area (Å²) in [5.74, 6) is 2.73. The molecule has 3 aliphatic heterocycles. The van der Waals surface area contributed by atoms with Crippen LogP contribution in [0.3, 0.4) is 0 Å². The van der Waals surface area contributed by atoms with Gasteiger partial charge in [-0.3, -0.25) is 19.4 Å². The Morgan fingerprint density at radius 2 is 0.909 bits per heavy atom. The second-order valence-corrected chi connectivity index (χ2v) is 12.5. The number of H-pyrrole nitrogens is 2. The topological polar surface area (TPSA) is 84.3 Å². The van der Waals surface area contributed by atoms with Crippen LogP contribution in [0.25, 0.3) is 21.8 Å². The van der Waals surface area contributed by atoms with E-state index in [0.717, 1.165) is 101 Å². The van der Waals surface area contributed by atoms with E-state index in [4.69, 9.17) is 0 Å². The minimum atomic E-state index is 0.253. The number of carbonyl (C=O) groups excluding carboxylic acids is 2. The summed E-state index contributed by atoms with van der Waals surface area (Å²) in [7, 11) is 0. The van der Waals surface area contributed by atoms with Crippen molar-refractivity contribution >= 4 is 45.3 Å². The lowest BCUT2D eigenvalue weighted by atomic mass is 10.2. The zero-order valence-corrected chi connectivity index (χ0v) is 25.4. The monoisotopic (exact) mass is 596 g/mol. The smallest absolute Gasteiger partial charge is 0.278 e. The standard InChI is InChI=1S/C34H40N8O2/c43-33(41-21-17-39(18-22-41)31-11-9-27-5-1-3-7-29(27)35-31)25-37-13-15-38(16-14-37)26-34(44)42-23-19-40(20-24-42)32-12-10-28-6-2-4-8-30(28)36-32/h1-12H,13-26H2/p+4. The highest BCUT2D eigenvalue weighted by molar-refractivity contribution is 5.79. The number of carbonyl (C=O) groups is 2. The largest absolute Gasteiger partial charge is 0.330 e. The van der Waals surface area contributed by atoms with Crippen molar-refractivity contribution in [2.75, 3.05) is 101 Å². The van der Waals surface area contributed by atoms with Gasteiger partial charge in [-0.1, -0.05) is 36.4 Å². The van der Waals surface area contributed by atoms with Crippen molar-refractivity contribution < 1.29 is 29.4 Å².